The van der Waals surface area contributed by atoms with Crippen LogP contribution < -0.4 is 15.4 Å². The number of hydrogen-bond acceptors (Lipinski definition) is 7. The van der Waals surface area contributed by atoms with E-state index in [1.54, 1.807) is 19.5 Å². The third-order valence-corrected chi connectivity index (χ3v) is 3.35. The Hall–Kier alpha value is -2.96. The number of aromatic nitrogens is 4. The molecule has 3 rings (SSSR count). The van der Waals surface area contributed by atoms with Crippen molar-refractivity contribution in [3.05, 3.63) is 36.7 Å². The molecule has 2 heterocycles. The number of nitrogens with zero attached hydrogens (tertiary/aromatic N) is 4. The molecule has 1 aromatic carbocycles. The molecular weight excluding hydrogens is 304 g/mol. The first kappa shape index (κ1) is 15.9. The summed E-state index contributed by atoms with van der Waals surface area (Å²) in [4.78, 5) is 17.6. The molecule has 0 bridgehead atoms. The highest BCUT2D eigenvalue weighted by molar-refractivity contribution is 5.85. The molecule has 0 radical (unpaired) electrons. The van der Waals surface area contributed by atoms with E-state index in [0.29, 0.717) is 28.8 Å². The third kappa shape index (κ3) is 3.68. The van der Waals surface area contributed by atoms with Gasteiger partial charge in [0, 0.05) is 24.6 Å². The molecule has 2 aromatic heterocycles. The summed E-state index contributed by atoms with van der Waals surface area (Å²) < 4.78 is 5.18. The van der Waals surface area contributed by atoms with Gasteiger partial charge in [0.25, 0.3) is 0 Å². The molecule has 2 N–H and O–H groups in total. The fraction of sp³-hybridized carbons (Fsp3) is 0.294. The van der Waals surface area contributed by atoms with Gasteiger partial charge in [-0.05, 0) is 30.2 Å². The Labute approximate surface area is 140 Å². The van der Waals surface area contributed by atoms with Crippen LogP contribution in [0.2, 0.25) is 0 Å². The summed E-state index contributed by atoms with van der Waals surface area (Å²) in [6, 6.07) is 7.61. The number of fused-ring (bicyclic) bond motifs is 1. The molecule has 0 fully saturated rings. The second kappa shape index (κ2) is 7.08. The highest BCUT2D eigenvalue weighted by Crippen LogP contribution is 2.23. The molecule has 3 aromatic rings. The molecule has 0 aliphatic rings. The van der Waals surface area contributed by atoms with Crippen molar-refractivity contribution in [1.29, 1.82) is 0 Å². The molecule has 0 aliphatic carbocycles. The smallest absolute Gasteiger partial charge is 0.226 e. The zero-order valence-electron chi connectivity index (χ0n) is 13.9. The number of anilines is 3. The first-order valence-corrected chi connectivity index (χ1v) is 7.79. The lowest BCUT2D eigenvalue weighted by Crippen LogP contribution is -2.12. The van der Waals surface area contributed by atoms with Crippen molar-refractivity contribution in [3.63, 3.8) is 0 Å². The van der Waals surface area contributed by atoms with Gasteiger partial charge in [-0.1, -0.05) is 13.8 Å². The lowest BCUT2D eigenvalue weighted by Gasteiger charge is -2.12. The van der Waals surface area contributed by atoms with Crippen LogP contribution >= 0.6 is 0 Å². The molecule has 0 amide bonds. The predicted octanol–water partition coefficient (Wildman–Crippen LogP) is 3.24. The summed E-state index contributed by atoms with van der Waals surface area (Å²) in [6.07, 6.45) is 3.25. The fourth-order valence-corrected chi connectivity index (χ4v) is 2.14. The minimum Gasteiger partial charge on any atom is -0.497 e. The molecule has 0 unspecified atom stereocenters. The van der Waals surface area contributed by atoms with Gasteiger partial charge < -0.3 is 15.4 Å². The lowest BCUT2D eigenvalue weighted by molar-refractivity contribution is 0.415. The molecular formula is C17H20N6O. The van der Waals surface area contributed by atoms with Crippen LogP contribution in [-0.4, -0.2) is 33.6 Å². The van der Waals surface area contributed by atoms with Gasteiger partial charge in [0.2, 0.25) is 5.95 Å². The van der Waals surface area contributed by atoms with Crippen molar-refractivity contribution in [1.82, 2.24) is 19.9 Å². The summed E-state index contributed by atoms with van der Waals surface area (Å²) in [5.74, 6) is 2.44. The largest absolute Gasteiger partial charge is 0.497 e. The van der Waals surface area contributed by atoms with Crippen LogP contribution in [0.4, 0.5) is 17.5 Å². The number of hydrogen-bond donors (Lipinski definition) is 2. The molecule has 0 spiro atoms. The van der Waals surface area contributed by atoms with Gasteiger partial charge in [-0.3, -0.25) is 0 Å². The van der Waals surface area contributed by atoms with Crippen molar-refractivity contribution < 1.29 is 4.74 Å². The highest BCUT2D eigenvalue weighted by Gasteiger charge is 2.10. The van der Waals surface area contributed by atoms with Crippen LogP contribution in [0.25, 0.3) is 11.2 Å². The van der Waals surface area contributed by atoms with Crippen molar-refractivity contribution in [3.8, 4) is 5.75 Å². The first-order chi connectivity index (χ1) is 11.7. The summed E-state index contributed by atoms with van der Waals surface area (Å²) >= 11 is 0. The van der Waals surface area contributed by atoms with Gasteiger partial charge in [0.1, 0.15) is 5.75 Å². The van der Waals surface area contributed by atoms with Crippen LogP contribution in [0.5, 0.6) is 5.75 Å². The molecule has 24 heavy (non-hydrogen) atoms. The van der Waals surface area contributed by atoms with Crippen molar-refractivity contribution >= 4 is 28.6 Å². The number of nitrogens with one attached hydrogen (secondary N) is 2. The Balaban J connectivity index is 1.94. The van der Waals surface area contributed by atoms with Gasteiger partial charge in [-0.25, -0.2) is 9.97 Å². The zero-order valence-corrected chi connectivity index (χ0v) is 13.9. The van der Waals surface area contributed by atoms with Gasteiger partial charge in [-0.15, -0.1) is 0 Å². The van der Waals surface area contributed by atoms with E-state index in [0.717, 1.165) is 18.0 Å². The van der Waals surface area contributed by atoms with E-state index < -0.39 is 0 Å². The van der Waals surface area contributed by atoms with Crippen LogP contribution in [0.3, 0.4) is 0 Å². The topological polar surface area (TPSA) is 84.9 Å². The summed E-state index contributed by atoms with van der Waals surface area (Å²) in [6.45, 7) is 5.04. The first-order valence-electron chi connectivity index (χ1n) is 7.79. The predicted molar refractivity (Wildman–Crippen MR) is 94.7 cm³/mol. The van der Waals surface area contributed by atoms with E-state index in [1.165, 1.54) is 0 Å². The average Bonchev–Trinajstić information content (AvgIpc) is 2.60. The second-order valence-corrected chi connectivity index (χ2v) is 5.75. The van der Waals surface area contributed by atoms with Gasteiger partial charge in [0.15, 0.2) is 17.0 Å². The molecule has 0 saturated carbocycles. The van der Waals surface area contributed by atoms with E-state index in [4.69, 9.17) is 4.74 Å². The van der Waals surface area contributed by atoms with Crippen molar-refractivity contribution in [2.45, 2.75) is 13.8 Å². The molecule has 7 nitrogen and oxygen atoms in total. The molecule has 0 saturated heterocycles. The number of ether oxygens (including phenoxy) is 1. The van der Waals surface area contributed by atoms with Crippen LogP contribution in [0.15, 0.2) is 36.7 Å². The number of methoxy groups -OCH3 is 1. The van der Waals surface area contributed by atoms with Crippen molar-refractivity contribution in [2.75, 3.05) is 24.3 Å². The molecule has 0 aliphatic heterocycles. The maximum atomic E-state index is 5.18. The fourth-order valence-electron chi connectivity index (χ4n) is 2.14. The number of benzene rings is 1. The lowest BCUT2D eigenvalue weighted by atomic mass is 10.2. The molecule has 7 heteroatoms. The Kier molecular flexibility index (Phi) is 4.69. The molecule has 124 valence electrons. The minimum atomic E-state index is 0.490. The summed E-state index contributed by atoms with van der Waals surface area (Å²) in [5, 5.41) is 6.51. The van der Waals surface area contributed by atoms with Crippen molar-refractivity contribution in [2.24, 2.45) is 5.92 Å². The standard InChI is InChI=1S/C17H20N6O/c1-11(2)10-20-17-22-15-14(18-8-9-19-15)16(23-17)21-12-4-6-13(24-3)7-5-12/h4-9,11H,10H2,1-3H3,(H2,19,20,21,22,23). The van der Waals surface area contributed by atoms with Crippen LogP contribution in [0, 0.1) is 5.92 Å². The molecule has 0 atom stereocenters. The van der Waals surface area contributed by atoms with Crippen LogP contribution in [0.1, 0.15) is 13.8 Å². The SMILES string of the molecule is COc1ccc(Nc2nc(NCC(C)C)nc3nccnc23)cc1. The third-order valence-electron chi connectivity index (χ3n) is 3.35. The zero-order chi connectivity index (χ0) is 16.9. The minimum absolute atomic E-state index is 0.490. The second-order valence-electron chi connectivity index (χ2n) is 5.75. The Morgan fingerprint density at radius 2 is 1.79 bits per heavy atom. The maximum Gasteiger partial charge on any atom is 0.226 e. The summed E-state index contributed by atoms with van der Waals surface area (Å²) in [7, 11) is 1.64. The highest BCUT2D eigenvalue weighted by atomic mass is 16.5. The van der Waals surface area contributed by atoms with Gasteiger partial charge >= 0.3 is 0 Å². The van der Waals surface area contributed by atoms with Gasteiger partial charge in [0.05, 0.1) is 7.11 Å². The monoisotopic (exact) mass is 324 g/mol. The quantitative estimate of drug-likeness (QED) is 0.720. The van der Waals surface area contributed by atoms with E-state index >= 15 is 0 Å². The number of rotatable bonds is 6. The maximum absolute atomic E-state index is 5.18. The van der Waals surface area contributed by atoms with Gasteiger partial charge in [-0.2, -0.15) is 9.97 Å². The van der Waals surface area contributed by atoms with E-state index in [9.17, 15) is 0 Å². The Bertz CT molecular complexity index is 819. The normalized spacial score (nSPS) is 10.8. The Morgan fingerprint density at radius 1 is 1.04 bits per heavy atom. The van der Waals surface area contributed by atoms with Crippen LogP contribution in [-0.2, 0) is 0 Å². The average molecular weight is 324 g/mol. The Morgan fingerprint density at radius 3 is 2.50 bits per heavy atom. The van der Waals surface area contributed by atoms with E-state index in [2.05, 4.69) is 44.4 Å². The van der Waals surface area contributed by atoms with E-state index in [-0.39, 0.29) is 0 Å². The van der Waals surface area contributed by atoms with E-state index in [1.807, 2.05) is 24.3 Å². The summed E-state index contributed by atoms with van der Waals surface area (Å²) in [5.41, 5.74) is 2.06.